The smallest absolute Gasteiger partial charge is 0.196 e. The highest BCUT2D eigenvalue weighted by Crippen LogP contribution is 2.76. The van der Waals surface area contributed by atoms with E-state index in [1.165, 1.54) is 0 Å². The summed E-state index contributed by atoms with van der Waals surface area (Å²) in [5.41, 5.74) is -4.08. The monoisotopic (exact) mass is 493 g/mol. The first kappa shape index (κ1) is 23.8. The summed E-state index contributed by atoms with van der Waals surface area (Å²) in [4.78, 5) is 2.36. The van der Waals surface area contributed by atoms with Gasteiger partial charge in [0, 0.05) is 42.3 Å². The van der Waals surface area contributed by atoms with Crippen LogP contribution in [0, 0.1) is 40.9 Å². The molecule has 3 heterocycles. The Balaban J connectivity index is 1.35. The second kappa shape index (κ2) is 6.81. The van der Waals surface area contributed by atoms with E-state index >= 15 is 0 Å². The number of ether oxygens (including phenoxy) is 1. The number of aliphatic hydroxyl groups is 6. The van der Waals surface area contributed by atoms with E-state index in [2.05, 4.69) is 18.7 Å². The highest BCUT2D eigenvalue weighted by molar-refractivity contribution is 5.31. The van der Waals surface area contributed by atoms with Crippen molar-refractivity contribution in [2.75, 3.05) is 13.1 Å². The fourth-order valence-electron chi connectivity index (χ4n) is 11.4. The first-order valence-electron chi connectivity index (χ1n) is 14.0. The molecule has 3 aliphatic heterocycles. The van der Waals surface area contributed by atoms with Crippen LogP contribution in [-0.2, 0) is 4.74 Å². The molecule has 4 saturated carbocycles. The molecule has 7 rings (SSSR count). The van der Waals surface area contributed by atoms with Gasteiger partial charge in [0.2, 0.25) is 0 Å². The van der Waals surface area contributed by atoms with Crippen LogP contribution in [0.5, 0.6) is 0 Å². The Morgan fingerprint density at radius 1 is 0.886 bits per heavy atom. The highest BCUT2D eigenvalue weighted by atomic mass is 16.7. The molecule has 15 atom stereocenters. The third-order valence-corrected chi connectivity index (χ3v) is 12.8. The van der Waals surface area contributed by atoms with Crippen molar-refractivity contribution in [2.24, 2.45) is 40.9 Å². The van der Waals surface area contributed by atoms with Gasteiger partial charge in [0.15, 0.2) is 5.79 Å². The minimum Gasteiger partial charge on any atom is -0.390 e. The average molecular weight is 494 g/mol. The zero-order chi connectivity index (χ0) is 24.9. The molecular formula is C27H43NO7. The Kier molecular flexibility index (Phi) is 4.62. The third kappa shape index (κ3) is 2.44. The summed E-state index contributed by atoms with van der Waals surface area (Å²) < 4.78 is 6.60. The minimum atomic E-state index is -1.64. The number of nitrogens with zero attached hydrogens (tertiary/aromatic N) is 1. The maximum Gasteiger partial charge on any atom is 0.196 e. The van der Waals surface area contributed by atoms with E-state index in [0.717, 1.165) is 19.4 Å². The Hall–Kier alpha value is -0.320. The van der Waals surface area contributed by atoms with Crippen LogP contribution in [0.2, 0.25) is 0 Å². The summed E-state index contributed by atoms with van der Waals surface area (Å²) in [6.45, 7) is 7.73. The Labute approximate surface area is 207 Å². The lowest BCUT2D eigenvalue weighted by Crippen LogP contribution is -2.76. The standard InChI is InChI=1S/C27H43NO7/c1-13-4-7-18-24(3,32)20-14(12-28(18)11-13)15-10-25-17(26(15,33)22(31)21(20)30)6-5-16-23(25,2)9-8-19(29)27(16,34)35-25/h13-22,29-34H,4-12H2,1-3H3/t13-,14-,15-,16-,17+,18-,19-,20+,21+,22-,23-,24+,25-,26-,27-/m0/s1. The largest absolute Gasteiger partial charge is 0.390 e. The normalized spacial score (nSPS) is 67.5. The maximum absolute atomic E-state index is 12.5. The number of aliphatic hydroxyl groups excluding tert-OH is 3. The molecule has 1 spiro atoms. The van der Waals surface area contributed by atoms with Crippen LogP contribution in [0.15, 0.2) is 0 Å². The van der Waals surface area contributed by atoms with Gasteiger partial charge in [-0.15, -0.1) is 0 Å². The van der Waals surface area contributed by atoms with Crippen molar-refractivity contribution < 1.29 is 35.4 Å². The van der Waals surface area contributed by atoms with Crippen molar-refractivity contribution in [2.45, 2.75) is 113 Å². The van der Waals surface area contributed by atoms with Crippen molar-refractivity contribution >= 4 is 0 Å². The molecule has 6 N–H and O–H groups in total. The number of rotatable bonds is 0. The molecule has 8 nitrogen and oxygen atoms in total. The number of hydrogen-bond donors (Lipinski definition) is 6. The molecule has 0 amide bonds. The summed E-state index contributed by atoms with van der Waals surface area (Å²) in [5.74, 6) is -2.93. The lowest BCUT2D eigenvalue weighted by Gasteiger charge is -2.63. The van der Waals surface area contributed by atoms with Crippen LogP contribution in [0.3, 0.4) is 0 Å². The van der Waals surface area contributed by atoms with Gasteiger partial charge >= 0.3 is 0 Å². The van der Waals surface area contributed by atoms with E-state index in [0.29, 0.717) is 44.6 Å². The zero-order valence-corrected chi connectivity index (χ0v) is 21.2. The van der Waals surface area contributed by atoms with E-state index in [1.54, 1.807) is 0 Å². The van der Waals surface area contributed by atoms with Crippen LogP contribution < -0.4 is 0 Å². The van der Waals surface area contributed by atoms with Crippen molar-refractivity contribution in [3.8, 4) is 0 Å². The van der Waals surface area contributed by atoms with Crippen molar-refractivity contribution in [1.82, 2.24) is 4.90 Å². The van der Waals surface area contributed by atoms with Gasteiger partial charge in [-0.1, -0.05) is 13.8 Å². The van der Waals surface area contributed by atoms with Crippen molar-refractivity contribution in [3.63, 3.8) is 0 Å². The SMILES string of the molecule is C[C@H]1CC[C@@H]2N(C1)C[C@@H]1[C@H]([C@@H](O)[C@H](O)[C@]3(O)[C@H]1C[C@]14O[C@@]5(O)[C@@H](CC[C@@H]31)[C@]4(C)CC[C@@H]5O)[C@]2(C)O. The molecule has 0 aromatic heterocycles. The molecule has 0 radical (unpaired) electrons. The molecule has 7 aliphatic rings. The van der Waals surface area contributed by atoms with E-state index in [-0.39, 0.29) is 23.8 Å². The second-order valence-corrected chi connectivity index (χ2v) is 14.1. The summed E-state index contributed by atoms with van der Waals surface area (Å²) in [7, 11) is 0. The van der Waals surface area contributed by atoms with Gasteiger partial charge in [-0.25, -0.2) is 0 Å². The third-order valence-electron chi connectivity index (χ3n) is 12.8. The number of piperidine rings is 2. The maximum atomic E-state index is 12.5. The van der Waals surface area contributed by atoms with Gasteiger partial charge in [-0.05, 0) is 69.6 Å². The molecule has 7 fully saturated rings. The molecule has 4 aliphatic carbocycles. The lowest BCUT2D eigenvalue weighted by molar-refractivity contribution is -0.290. The Bertz CT molecular complexity index is 931. The first-order chi connectivity index (χ1) is 16.3. The molecule has 4 bridgehead atoms. The van der Waals surface area contributed by atoms with E-state index in [9.17, 15) is 30.6 Å². The molecule has 0 unspecified atom stereocenters. The molecular weight excluding hydrogens is 450 g/mol. The quantitative estimate of drug-likeness (QED) is 0.282. The summed E-state index contributed by atoms with van der Waals surface area (Å²) in [5, 5.41) is 69.9. The van der Waals surface area contributed by atoms with Gasteiger partial charge in [-0.3, -0.25) is 4.90 Å². The van der Waals surface area contributed by atoms with E-state index in [1.807, 2.05) is 6.92 Å². The van der Waals surface area contributed by atoms with Crippen LogP contribution in [-0.4, -0.2) is 95.6 Å². The summed E-state index contributed by atoms with van der Waals surface area (Å²) in [6.07, 6.45) is 1.05. The molecule has 0 aromatic rings. The first-order valence-corrected chi connectivity index (χ1v) is 14.0. The molecule has 0 aromatic carbocycles. The minimum absolute atomic E-state index is 0.0745. The summed E-state index contributed by atoms with van der Waals surface area (Å²) >= 11 is 0. The number of hydrogen-bond acceptors (Lipinski definition) is 8. The number of fused-ring (bicyclic) bond motifs is 5. The fourth-order valence-corrected chi connectivity index (χ4v) is 11.4. The fraction of sp³-hybridized carbons (Fsp3) is 1.00. The van der Waals surface area contributed by atoms with Crippen molar-refractivity contribution in [1.29, 1.82) is 0 Å². The predicted molar refractivity (Wildman–Crippen MR) is 125 cm³/mol. The zero-order valence-electron chi connectivity index (χ0n) is 21.2. The van der Waals surface area contributed by atoms with Crippen LogP contribution >= 0.6 is 0 Å². The molecule has 3 saturated heterocycles. The van der Waals surface area contributed by atoms with Gasteiger partial charge in [-0.2, -0.15) is 0 Å². The van der Waals surface area contributed by atoms with E-state index in [4.69, 9.17) is 4.74 Å². The Morgan fingerprint density at radius 2 is 1.60 bits per heavy atom. The van der Waals surface area contributed by atoms with Gasteiger partial charge in [0.05, 0.1) is 17.3 Å². The van der Waals surface area contributed by atoms with Crippen LogP contribution in [0.1, 0.15) is 65.7 Å². The topological polar surface area (TPSA) is 134 Å². The van der Waals surface area contributed by atoms with Gasteiger partial charge in [0.25, 0.3) is 0 Å². The molecule has 8 heteroatoms. The van der Waals surface area contributed by atoms with E-state index < -0.39 is 58.2 Å². The van der Waals surface area contributed by atoms with Gasteiger partial charge < -0.3 is 35.4 Å². The van der Waals surface area contributed by atoms with Crippen LogP contribution in [0.4, 0.5) is 0 Å². The predicted octanol–water partition coefficient (Wildman–Crippen LogP) is 0.215. The lowest BCUT2D eigenvalue weighted by atomic mass is 9.49. The molecule has 198 valence electrons. The van der Waals surface area contributed by atoms with Gasteiger partial charge in [0.1, 0.15) is 17.8 Å². The summed E-state index contributed by atoms with van der Waals surface area (Å²) in [6, 6.07) is -0.0745. The Morgan fingerprint density at radius 3 is 2.34 bits per heavy atom. The highest BCUT2D eigenvalue weighted by Gasteiger charge is 2.84. The molecule has 35 heavy (non-hydrogen) atoms. The average Bonchev–Trinajstić information content (AvgIpc) is 3.04. The van der Waals surface area contributed by atoms with Crippen molar-refractivity contribution in [3.05, 3.63) is 0 Å². The van der Waals surface area contributed by atoms with Crippen LogP contribution in [0.25, 0.3) is 0 Å². The second-order valence-electron chi connectivity index (χ2n) is 14.1.